The Morgan fingerprint density at radius 1 is 1.17 bits per heavy atom. The molecule has 0 unspecified atom stereocenters. The number of carbonyl (C=O) groups excluding carboxylic acids is 1. The second kappa shape index (κ2) is 8.38. The third kappa shape index (κ3) is 3.99. The molecule has 2 heterocycles. The van der Waals surface area contributed by atoms with E-state index in [0.29, 0.717) is 36.8 Å². The van der Waals surface area contributed by atoms with Crippen LogP contribution >= 0.6 is 0 Å². The van der Waals surface area contributed by atoms with Gasteiger partial charge in [-0.2, -0.15) is 4.72 Å². The fraction of sp³-hybridized carbons (Fsp3) is 0.318. The molecule has 7 nitrogen and oxygen atoms in total. The third-order valence-electron chi connectivity index (χ3n) is 5.22. The molecular formula is C22H22N2O5S. The molecule has 0 bridgehead atoms. The molecule has 0 aromatic heterocycles. The molecule has 1 amide bonds. The van der Waals surface area contributed by atoms with Crippen LogP contribution < -0.4 is 14.2 Å². The Morgan fingerprint density at radius 2 is 1.97 bits per heavy atom. The van der Waals surface area contributed by atoms with Crippen LogP contribution in [-0.2, 0) is 10.0 Å². The number of nitrogens with zero attached hydrogens (tertiary/aromatic N) is 1. The first kappa shape index (κ1) is 20.3. The average molecular weight is 426 g/mol. The normalized spacial score (nSPS) is 18.1. The SMILES string of the molecule is C#CCNS(=O)(=O)c1cccc(C(=O)N2CCC[C@@H]2c2ccc3c(c2)OCCO3)c1. The van der Waals surface area contributed by atoms with Crippen LogP contribution in [0.2, 0.25) is 0 Å². The lowest BCUT2D eigenvalue weighted by atomic mass is 10.0. The molecule has 1 fully saturated rings. The van der Waals surface area contributed by atoms with Crippen molar-refractivity contribution in [2.75, 3.05) is 26.3 Å². The molecule has 4 rings (SSSR count). The molecular weight excluding hydrogens is 404 g/mol. The predicted molar refractivity (Wildman–Crippen MR) is 111 cm³/mol. The highest BCUT2D eigenvalue weighted by Crippen LogP contribution is 2.38. The minimum absolute atomic E-state index is 0.0127. The highest BCUT2D eigenvalue weighted by Gasteiger charge is 2.32. The van der Waals surface area contributed by atoms with E-state index in [2.05, 4.69) is 10.6 Å². The van der Waals surface area contributed by atoms with Gasteiger partial charge in [0.05, 0.1) is 17.5 Å². The number of likely N-dealkylation sites (tertiary alicyclic amines) is 1. The lowest BCUT2D eigenvalue weighted by Crippen LogP contribution is -2.31. The number of rotatable bonds is 5. The van der Waals surface area contributed by atoms with E-state index < -0.39 is 10.0 Å². The number of carbonyl (C=O) groups is 1. The number of hydrogen-bond acceptors (Lipinski definition) is 5. The summed E-state index contributed by atoms with van der Waals surface area (Å²) >= 11 is 0. The molecule has 0 aliphatic carbocycles. The first-order valence-electron chi connectivity index (χ1n) is 9.73. The summed E-state index contributed by atoms with van der Waals surface area (Å²) in [5.74, 6) is 3.42. The number of terminal acetylenes is 1. The van der Waals surface area contributed by atoms with Gasteiger partial charge in [0.25, 0.3) is 5.91 Å². The summed E-state index contributed by atoms with van der Waals surface area (Å²) in [5.41, 5.74) is 1.30. The van der Waals surface area contributed by atoms with Crippen molar-refractivity contribution < 1.29 is 22.7 Å². The second-order valence-electron chi connectivity index (χ2n) is 7.12. The molecule has 1 saturated heterocycles. The number of hydrogen-bond donors (Lipinski definition) is 1. The summed E-state index contributed by atoms with van der Waals surface area (Å²) in [6.45, 7) is 1.51. The Labute approximate surface area is 176 Å². The van der Waals surface area contributed by atoms with E-state index in [4.69, 9.17) is 15.9 Å². The summed E-state index contributed by atoms with van der Waals surface area (Å²) in [5, 5.41) is 0. The molecule has 2 aliphatic heterocycles. The zero-order chi connectivity index (χ0) is 21.1. The number of ether oxygens (including phenoxy) is 2. The van der Waals surface area contributed by atoms with E-state index >= 15 is 0 Å². The molecule has 2 aromatic rings. The van der Waals surface area contributed by atoms with Crippen molar-refractivity contribution in [3.63, 3.8) is 0 Å². The third-order valence-corrected chi connectivity index (χ3v) is 6.62. The van der Waals surface area contributed by atoms with Gasteiger partial charge < -0.3 is 14.4 Å². The number of nitrogens with one attached hydrogen (secondary N) is 1. The lowest BCUT2D eigenvalue weighted by molar-refractivity contribution is 0.0735. The monoisotopic (exact) mass is 426 g/mol. The Hall–Kier alpha value is -3.02. The highest BCUT2D eigenvalue weighted by molar-refractivity contribution is 7.89. The van der Waals surface area contributed by atoms with E-state index in [1.807, 2.05) is 18.2 Å². The Balaban J connectivity index is 1.59. The number of fused-ring (bicyclic) bond motifs is 1. The molecule has 1 atom stereocenters. The lowest BCUT2D eigenvalue weighted by Gasteiger charge is -2.27. The van der Waals surface area contributed by atoms with Crippen LogP contribution in [0.5, 0.6) is 11.5 Å². The van der Waals surface area contributed by atoms with Crippen molar-refractivity contribution in [3.05, 3.63) is 53.6 Å². The van der Waals surface area contributed by atoms with E-state index in [-0.39, 0.29) is 23.4 Å². The van der Waals surface area contributed by atoms with Crippen molar-refractivity contribution in [1.82, 2.24) is 9.62 Å². The maximum atomic E-state index is 13.2. The largest absolute Gasteiger partial charge is 0.486 e. The van der Waals surface area contributed by atoms with Crippen LogP contribution in [-0.4, -0.2) is 45.5 Å². The quantitative estimate of drug-likeness (QED) is 0.742. The highest BCUT2D eigenvalue weighted by atomic mass is 32.2. The zero-order valence-corrected chi connectivity index (χ0v) is 17.2. The molecule has 1 N–H and O–H groups in total. The van der Waals surface area contributed by atoms with E-state index in [9.17, 15) is 13.2 Å². The smallest absolute Gasteiger partial charge is 0.254 e. The van der Waals surface area contributed by atoms with Crippen molar-refractivity contribution in [3.8, 4) is 23.8 Å². The van der Waals surface area contributed by atoms with Crippen molar-refractivity contribution in [2.45, 2.75) is 23.8 Å². The molecule has 2 aromatic carbocycles. The number of amides is 1. The van der Waals surface area contributed by atoms with Gasteiger partial charge in [-0.05, 0) is 48.7 Å². The zero-order valence-electron chi connectivity index (χ0n) is 16.3. The number of sulfonamides is 1. The summed E-state index contributed by atoms with van der Waals surface area (Å²) < 4.78 is 38.3. The van der Waals surface area contributed by atoms with Crippen molar-refractivity contribution in [2.24, 2.45) is 0 Å². The summed E-state index contributed by atoms with van der Waals surface area (Å²) in [6.07, 6.45) is 6.83. The van der Waals surface area contributed by atoms with Gasteiger partial charge in [-0.3, -0.25) is 4.79 Å². The summed E-state index contributed by atoms with van der Waals surface area (Å²) in [4.78, 5) is 15.0. The standard InChI is InChI=1S/C22H22N2O5S/c1-2-10-23-30(26,27)18-6-3-5-17(14-18)22(25)24-11-4-7-19(24)16-8-9-20-21(15-16)29-13-12-28-20/h1,3,5-6,8-9,14-15,19,23H,4,7,10-13H2/t19-/m1/s1. The van der Waals surface area contributed by atoms with E-state index in [0.717, 1.165) is 18.4 Å². The fourth-order valence-corrected chi connectivity index (χ4v) is 4.79. The molecule has 0 spiro atoms. The van der Waals surface area contributed by atoms with Gasteiger partial charge in [0.15, 0.2) is 11.5 Å². The van der Waals surface area contributed by atoms with E-state index in [1.165, 1.54) is 12.1 Å². The van der Waals surface area contributed by atoms with Crippen LogP contribution in [0.3, 0.4) is 0 Å². The molecule has 30 heavy (non-hydrogen) atoms. The number of benzene rings is 2. The maximum absolute atomic E-state index is 13.2. The first-order valence-corrected chi connectivity index (χ1v) is 11.2. The Morgan fingerprint density at radius 3 is 2.77 bits per heavy atom. The predicted octanol–water partition coefficient (Wildman–Crippen LogP) is 2.35. The van der Waals surface area contributed by atoms with E-state index in [1.54, 1.807) is 17.0 Å². The van der Waals surface area contributed by atoms with Gasteiger partial charge in [0.1, 0.15) is 13.2 Å². The molecule has 0 saturated carbocycles. The second-order valence-corrected chi connectivity index (χ2v) is 8.88. The summed E-state index contributed by atoms with van der Waals surface area (Å²) in [6, 6.07) is 11.7. The van der Waals surface area contributed by atoms with Crippen molar-refractivity contribution in [1.29, 1.82) is 0 Å². The van der Waals surface area contributed by atoms with Crippen LogP contribution in [0.15, 0.2) is 47.4 Å². The van der Waals surface area contributed by atoms with Gasteiger partial charge in [0.2, 0.25) is 10.0 Å². The molecule has 156 valence electrons. The molecule has 2 aliphatic rings. The van der Waals surface area contributed by atoms with Gasteiger partial charge in [0, 0.05) is 12.1 Å². The summed E-state index contributed by atoms with van der Waals surface area (Å²) in [7, 11) is -3.77. The van der Waals surface area contributed by atoms with Crippen LogP contribution in [0, 0.1) is 12.3 Å². The first-order chi connectivity index (χ1) is 14.5. The minimum Gasteiger partial charge on any atom is -0.486 e. The maximum Gasteiger partial charge on any atom is 0.254 e. The molecule has 8 heteroatoms. The van der Waals surface area contributed by atoms with Gasteiger partial charge >= 0.3 is 0 Å². The minimum atomic E-state index is -3.77. The van der Waals surface area contributed by atoms with Gasteiger partial charge in [-0.15, -0.1) is 6.42 Å². The Bertz CT molecular complexity index is 1110. The van der Waals surface area contributed by atoms with Gasteiger partial charge in [-0.25, -0.2) is 8.42 Å². The van der Waals surface area contributed by atoms with Crippen molar-refractivity contribution >= 4 is 15.9 Å². The molecule has 0 radical (unpaired) electrons. The average Bonchev–Trinajstić information content (AvgIpc) is 3.27. The topological polar surface area (TPSA) is 84.9 Å². The fourth-order valence-electron chi connectivity index (χ4n) is 3.81. The van der Waals surface area contributed by atoms with Crippen LogP contribution in [0.4, 0.5) is 0 Å². The van der Waals surface area contributed by atoms with Crippen LogP contribution in [0.1, 0.15) is 34.8 Å². The van der Waals surface area contributed by atoms with Crippen LogP contribution in [0.25, 0.3) is 0 Å². The van der Waals surface area contributed by atoms with Gasteiger partial charge in [-0.1, -0.05) is 18.1 Å². The Kier molecular flexibility index (Phi) is 5.66.